The Morgan fingerprint density at radius 2 is 2.19 bits per heavy atom. The molecule has 0 aliphatic rings. The van der Waals surface area contributed by atoms with Crippen molar-refractivity contribution in [1.29, 1.82) is 0 Å². The minimum atomic E-state index is -0.336. The minimum Gasteiger partial charge on any atom is -0.369 e. The summed E-state index contributed by atoms with van der Waals surface area (Å²) in [6, 6.07) is 0.140. The Bertz CT molecular complexity index is 384. The number of hydrogen-bond acceptors (Lipinski definition) is 3. The molecule has 1 heterocycles. The maximum atomic E-state index is 10.8. The molecule has 5 heteroatoms. The van der Waals surface area contributed by atoms with Crippen molar-refractivity contribution in [2.45, 2.75) is 33.2 Å². The molecule has 0 saturated heterocycles. The van der Waals surface area contributed by atoms with Gasteiger partial charge in [0, 0.05) is 24.3 Å². The lowest BCUT2D eigenvalue weighted by atomic mass is 10.0. The number of primary amides is 1. The average molecular weight is 224 g/mol. The topological polar surface area (TPSA) is 72.9 Å². The number of nitrogens with two attached hydrogens (primary N) is 1. The van der Waals surface area contributed by atoms with Crippen molar-refractivity contribution in [3.05, 3.63) is 17.0 Å². The summed E-state index contributed by atoms with van der Waals surface area (Å²) in [6.45, 7) is 6.29. The summed E-state index contributed by atoms with van der Waals surface area (Å²) < 4.78 is 1.86. The zero-order valence-corrected chi connectivity index (χ0v) is 10.4. The number of carbonyl (C=O) groups excluding carboxylic acids is 1. The van der Waals surface area contributed by atoms with Crippen LogP contribution in [0, 0.1) is 13.8 Å². The number of hydrogen-bond donors (Lipinski definition) is 2. The van der Waals surface area contributed by atoms with Gasteiger partial charge in [-0.2, -0.15) is 5.10 Å². The molecule has 1 aromatic rings. The number of nitrogens with one attached hydrogen (secondary N) is 1. The predicted octanol–water partition coefficient (Wildman–Crippen LogP) is 0.563. The van der Waals surface area contributed by atoms with Crippen LogP contribution in [0.5, 0.6) is 0 Å². The molecular weight excluding hydrogens is 204 g/mol. The van der Waals surface area contributed by atoms with Crippen LogP contribution in [0.2, 0.25) is 0 Å². The van der Waals surface area contributed by atoms with E-state index in [1.54, 1.807) is 0 Å². The van der Waals surface area contributed by atoms with Gasteiger partial charge in [-0.25, -0.2) is 0 Å². The number of aryl methyl sites for hydroxylation is 2. The van der Waals surface area contributed by atoms with E-state index in [9.17, 15) is 4.79 Å². The third kappa shape index (κ3) is 2.61. The van der Waals surface area contributed by atoms with Crippen LogP contribution in [0.15, 0.2) is 0 Å². The molecule has 1 amide bonds. The van der Waals surface area contributed by atoms with Crippen LogP contribution in [-0.4, -0.2) is 22.2 Å². The Labute approximate surface area is 96.0 Å². The highest BCUT2D eigenvalue weighted by Gasteiger charge is 2.18. The largest absolute Gasteiger partial charge is 0.369 e. The van der Waals surface area contributed by atoms with Gasteiger partial charge >= 0.3 is 0 Å². The molecule has 1 atom stereocenters. The molecule has 0 bridgehead atoms. The summed E-state index contributed by atoms with van der Waals surface area (Å²) in [5.41, 5.74) is 8.43. The van der Waals surface area contributed by atoms with E-state index in [1.165, 1.54) is 5.56 Å². The summed E-state index contributed by atoms with van der Waals surface area (Å²) in [6.07, 6.45) is 0.903. The fourth-order valence-corrected chi connectivity index (χ4v) is 1.97. The number of amides is 1. The molecule has 0 unspecified atom stereocenters. The van der Waals surface area contributed by atoms with Gasteiger partial charge in [0.05, 0.1) is 12.2 Å². The smallest absolute Gasteiger partial charge is 0.231 e. The van der Waals surface area contributed by atoms with Gasteiger partial charge in [0.1, 0.15) is 0 Å². The SMILES string of the molecule is CC[C@@H](NCC(N)=O)c1c(C)nn(C)c1C. The molecule has 16 heavy (non-hydrogen) atoms. The molecule has 0 fully saturated rings. The Hall–Kier alpha value is -1.36. The van der Waals surface area contributed by atoms with Crippen LogP contribution in [-0.2, 0) is 11.8 Å². The van der Waals surface area contributed by atoms with E-state index in [0.29, 0.717) is 0 Å². The van der Waals surface area contributed by atoms with E-state index in [0.717, 1.165) is 17.8 Å². The molecule has 90 valence electrons. The highest BCUT2D eigenvalue weighted by molar-refractivity contribution is 5.75. The fraction of sp³-hybridized carbons (Fsp3) is 0.636. The van der Waals surface area contributed by atoms with Crippen molar-refractivity contribution in [3.8, 4) is 0 Å². The van der Waals surface area contributed by atoms with E-state index in [-0.39, 0.29) is 18.5 Å². The zero-order chi connectivity index (χ0) is 12.3. The van der Waals surface area contributed by atoms with Crippen molar-refractivity contribution in [2.75, 3.05) is 6.54 Å². The van der Waals surface area contributed by atoms with Gasteiger partial charge in [-0.1, -0.05) is 6.92 Å². The Kier molecular flexibility index (Phi) is 4.06. The zero-order valence-electron chi connectivity index (χ0n) is 10.4. The van der Waals surface area contributed by atoms with Crippen LogP contribution in [0.4, 0.5) is 0 Å². The van der Waals surface area contributed by atoms with E-state index in [1.807, 2.05) is 25.6 Å². The van der Waals surface area contributed by atoms with Crippen molar-refractivity contribution in [2.24, 2.45) is 12.8 Å². The van der Waals surface area contributed by atoms with E-state index in [2.05, 4.69) is 17.3 Å². The van der Waals surface area contributed by atoms with E-state index < -0.39 is 0 Å². The van der Waals surface area contributed by atoms with Gasteiger partial charge in [0.2, 0.25) is 5.91 Å². The van der Waals surface area contributed by atoms with Gasteiger partial charge in [0.15, 0.2) is 0 Å². The predicted molar refractivity (Wildman–Crippen MR) is 62.9 cm³/mol. The quantitative estimate of drug-likeness (QED) is 0.767. The average Bonchev–Trinajstić information content (AvgIpc) is 2.45. The first-order valence-electron chi connectivity index (χ1n) is 5.49. The molecule has 0 aromatic carbocycles. The maximum Gasteiger partial charge on any atom is 0.231 e. The lowest BCUT2D eigenvalue weighted by Gasteiger charge is -2.16. The first kappa shape index (κ1) is 12.7. The van der Waals surface area contributed by atoms with Crippen LogP contribution in [0.1, 0.15) is 36.3 Å². The molecular formula is C11H20N4O. The normalized spacial score (nSPS) is 12.8. The molecule has 1 rings (SSSR count). The summed E-state index contributed by atoms with van der Waals surface area (Å²) in [7, 11) is 1.92. The van der Waals surface area contributed by atoms with Crippen LogP contribution < -0.4 is 11.1 Å². The number of carbonyl (C=O) groups is 1. The lowest BCUT2D eigenvalue weighted by Crippen LogP contribution is -2.32. The number of rotatable bonds is 5. The summed E-state index contributed by atoms with van der Waals surface area (Å²) in [4.78, 5) is 10.8. The minimum absolute atomic E-state index is 0.140. The van der Waals surface area contributed by atoms with Gasteiger partial charge in [-0.05, 0) is 20.3 Å². The van der Waals surface area contributed by atoms with Crippen molar-refractivity contribution in [3.63, 3.8) is 0 Å². The summed E-state index contributed by atoms with van der Waals surface area (Å²) in [5.74, 6) is -0.336. The molecule has 0 aliphatic carbocycles. The van der Waals surface area contributed by atoms with Crippen LogP contribution in [0.25, 0.3) is 0 Å². The third-order valence-electron chi connectivity index (χ3n) is 2.84. The van der Waals surface area contributed by atoms with Gasteiger partial charge < -0.3 is 11.1 Å². The molecule has 1 aromatic heterocycles. The fourth-order valence-electron chi connectivity index (χ4n) is 1.97. The molecule has 0 aliphatic heterocycles. The Balaban J connectivity index is 2.90. The second-order valence-corrected chi connectivity index (χ2v) is 4.02. The maximum absolute atomic E-state index is 10.8. The van der Waals surface area contributed by atoms with E-state index >= 15 is 0 Å². The molecule has 3 N–H and O–H groups in total. The van der Waals surface area contributed by atoms with Gasteiger partial charge in [-0.15, -0.1) is 0 Å². The van der Waals surface area contributed by atoms with Crippen molar-refractivity contribution < 1.29 is 4.79 Å². The number of aromatic nitrogens is 2. The Morgan fingerprint density at radius 3 is 2.56 bits per heavy atom. The van der Waals surface area contributed by atoms with Gasteiger partial charge in [-0.3, -0.25) is 9.48 Å². The van der Waals surface area contributed by atoms with Crippen molar-refractivity contribution in [1.82, 2.24) is 15.1 Å². The first-order valence-corrected chi connectivity index (χ1v) is 5.49. The summed E-state index contributed by atoms with van der Waals surface area (Å²) >= 11 is 0. The molecule has 0 saturated carbocycles. The molecule has 0 spiro atoms. The van der Waals surface area contributed by atoms with Crippen LogP contribution in [0.3, 0.4) is 0 Å². The summed E-state index contributed by atoms with van der Waals surface area (Å²) in [5, 5.41) is 7.52. The van der Waals surface area contributed by atoms with Crippen molar-refractivity contribution >= 4 is 5.91 Å². The Morgan fingerprint density at radius 1 is 1.56 bits per heavy atom. The molecule has 5 nitrogen and oxygen atoms in total. The highest BCUT2D eigenvalue weighted by Crippen LogP contribution is 2.23. The number of nitrogens with zero attached hydrogens (tertiary/aromatic N) is 2. The second-order valence-electron chi connectivity index (χ2n) is 4.02. The molecule has 0 radical (unpaired) electrons. The third-order valence-corrected chi connectivity index (χ3v) is 2.84. The van der Waals surface area contributed by atoms with E-state index in [4.69, 9.17) is 5.73 Å². The lowest BCUT2D eigenvalue weighted by molar-refractivity contribution is -0.117. The highest BCUT2D eigenvalue weighted by atomic mass is 16.1. The monoisotopic (exact) mass is 224 g/mol. The van der Waals surface area contributed by atoms with Crippen LogP contribution >= 0.6 is 0 Å². The van der Waals surface area contributed by atoms with Gasteiger partial charge in [0.25, 0.3) is 0 Å². The second kappa shape index (κ2) is 5.12. The standard InChI is InChI=1S/C11H20N4O/c1-5-9(13-6-10(12)16)11-7(2)14-15(4)8(11)3/h9,13H,5-6H2,1-4H3,(H2,12,16)/t9-/m1/s1. The first-order chi connectivity index (χ1) is 7.47.